The summed E-state index contributed by atoms with van der Waals surface area (Å²) in [6.07, 6.45) is 0. The molecular formula is C17H19NO. The van der Waals surface area contributed by atoms with Gasteiger partial charge >= 0.3 is 0 Å². The van der Waals surface area contributed by atoms with Crippen molar-refractivity contribution in [3.63, 3.8) is 0 Å². The first-order valence-corrected chi connectivity index (χ1v) is 6.75. The van der Waals surface area contributed by atoms with Crippen molar-refractivity contribution in [2.45, 2.75) is 26.4 Å². The first kappa shape index (κ1) is 12.2. The summed E-state index contributed by atoms with van der Waals surface area (Å²) in [6, 6.07) is 15.2. The first-order valence-electron chi connectivity index (χ1n) is 6.75. The third-order valence-electron chi connectivity index (χ3n) is 3.82. The van der Waals surface area contributed by atoms with Crippen LogP contribution < -0.4 is 10.1 Å². The molecule has 2 aromatic rings. The summed E-state index contributed by atoms with van der Waals surface area (Å²) in [5.74, 6) is 1.01. The smallest absolute Gasteiger partial charge is 0.124 e. The molecule has 0 amide bonds. The number of nitrogens with one attached hydrogen (secondary N) is 1. The van der Waals surface area contributed by atoms with Gasteiger partial charge in [-0.1, -0.05) is 36.4 Å². The molecule has 0 aliphatic carbocycles. The van der Waals surface area contributed by atoms with Gasteiger partial charge in [-0.3, -0.25) is 0 Å². The second kappa shape index (κ2) is 5.06. The number of hydrogen-bond donors (Lipinski definition) is 1. The number of ether oxygens (including phenoxy) is 1. The van der Waals surface area contributed by atoms with Crippen LogP contribution in [0.4, 0.5) is 0 Å². The Morgan fingerprint density at radius 3 is 2.79 bits per heavy atom. The van der Waals surface area contributed by atoms with Crippen LogP contribution in [0, 0.1) is 13.8 Å². The quantitative estimate of drug-likeness (QED) is 0.903. The number of aryl methyl sites for hydroxylation is 2. The van der Waals surface area contributed by atoms with Crippen molar-refractivity contribution in [3.05, 3.63) is 64.7 Å². The van der Waals surface area contributed by atoms with Crippen LogP contribution in [0.15, 0.2) is 42.5 Å². The Morgan fingerprint density at radius 1 is 1.11 bits per heavy atom. The molecular weight excluding hydrogens is 234 g/mol. The van der Waals surface area contributed by atoms with Crippen molar-refractivity contribution in [2.75, 3.05) is 6.61 Å². The monoisotopic (exact) mass is 253 g/mol. The van der Waals surface area contributed by atoms with Crippen molar-refractivity contribution >= 4 is 0 Å². The molecule has 2 heteroatoms. The minimum absolute atomic E-state index is 0.304. The van der Waals surface area contributed by atoms with Crippen molar-refractivity contribution in [3.8, 4) is 5.75 Å². The van der Waals surface area contributed by atoms with E-state index >= 15 is 0 Å². The lowest BCUT2D eigenvalue weighted by Gasteiger charge is -2.12. The van der Waals surface area contributed by atoms with Crippen LogP contribution in [-0.4, -0.2) is 6.61 Å². The number of benzene rings is 2. The van der Waals surface area contributed by atoms with E-state index in [1.54, 1.807) is 0 Å². The molecule has 0 radical (unpaired) electrons. The van der Waals surface area contributed by atoms with Crippen LogP contribution in [-0.2, 0) is 6.54 Å². The summed E-state index contributed by atoms with van der Waals surface area (Å²) in [6.45, 7) is 5.91. The third-order valence-corrected chi connectivity index (χ3v) is 3.82. The normalized spacial score (nSPS) is 17.1. The fraction of sp³-hybridized carbons (Fsp3) is 0.294. The average Bonchev–Trinajstić information content (AvgIpc) is 2.83. The van der Waals surface area contributed by atoms with E-state index in [0.29, 0.717) is 6.04 Å². The molecule has 0 saturated heterocycles. The fourth-order valence-electron chi connectivity index (χ4n) is 2.49. The Labute approximate surface area is 114 Å². The Hall–Kier alpha value is -1.80. The van der Waals surface area contributed by atoms with E-state index in [0.717, 1.165) is 18.9 Å². The Bertz CT molecular complexity index is 592. The lowest BCUT2D eigenvalue weighted by molar-refractivity contribution is 0.310. The molecule has 0 bridgehead atoms. The zero-order valence-corrected chi connectivity index (χ0v) is 11.4. The van der Waals surface area contributed by atoms with Crippen LogP contribution in [0.1, 0.15) is 28.3 Å². The van der Waals surface area contributed by atoms with Crippen molar-refractivity contribution < 1.29 is 4.74 Å². The Kier molecular flexibility index (Phi) is 3.26. The highest BCUT2D eigenvalue weighted by molar-refractivity contribution is 5.39. The molecule has 19 heavy (non-hydrogen) atoms. The summed E-state index contributed by atoms with van der Waals surface area (Å²) in [7, 11) is 0. The number of rotatable bonds is 3. The molecule has 0 aromatic heterocycles. The maximum absolute atomic E-state index is 5.68. The van der Waals surface area contributed by atoms with Gasteiger partial charge < -0.3 is 10.1 Å². The zero-order valence-electron chi connectivity index (χ0n) is 11.4. The zero-order chi connectivity index (χ0) is 13.2. The molecule has 2 aromatic carbocycles. The van der Waals surface area contributed by atoms with Crippen molar-refractivity contribution in [1.29, 1.82) is 0 Å². The van der Waals surface area contributed by atoms with Crippen LogP contribution in [0.5, 0.6) is 5.75 Å². The largest absolute Gasteiger partial charge is 0.491 e. The van der Waals surface area contributed by atoms with Gasteiger partial charge in [0.2, 0.25) is 0 Å². The molecule has 2 nitrogen and oxygen atoms in total. The summed E-state index contributed by atoms with van der Waals surface area (Å²) >= 11 is 0. The van der Waals surface area contributed by atoms with Gasteiger partial charge in [-0.05, 0) is 36.6 Å². The second-order valence-corrected chi connectivity index (χ2v) is 5.20. The predicted molar refractivity (Wildman–Crippen MR) is 77.4 cm³/mol. The average molecular weight is 253 g/mol. The van der Waals surface area contributed by atoms with E-state index in [1.807, 2.05) is 12.1 Å². The predicted octanol–water partition coefficient (Wildman–Crippen LogP) is 3.53. The molecule has 98 valence electrons. The van der Waals surface area contributed by atoms with E-state index in [-0.39, 0.29) is 0 Å². The molecule has 1 aliphatic heterocycles. The summed E-state index contributed by atoms with van der Waals surface area (Å²) < 4.78 is 5.68. The van der Waals surface area contributed by atoms with Gasteiger partial charge in [-0.15, -0.1) is 0 Å². The molecule has 1 N–H and O–H groups in total. The van der Waals surface area contributed by atoms with Crippen LogP contribution in [0.25, 0.3) is 0 Å². The molecule has 0 fully saturated rings. The van der Waals surface area contributed by atoms with E-state index in [1.165, 1.54) is 22.3 Å². The highest BCUT2D eigenvalue weighted by Gasteiger charge is 2.22. The van der Waals surface area contributed by atoms with Gasteiger partial charge in [0.15, 0.2) is 0 Å². The standard InChI is InChI=1S/C17H19NO/c1-12-7-8-14(9-13(12)2)10-18-16-11-19-17-6-4-3-5-15(16)17/h3-9,16,18H,10-11H2,1-2H3. The lowest BCUT2D eigenvalue weighted by Crippen LogP contribution is -2.22. The second-order valence-electron chi connectivity index (χ2n) is 5.20. The lowest BCUT2D eigenvalue weighted by atomic mass is 10.1. The number of para-hydroxylation sites is 1. The molecule has 0 spiro atoms. The van der Waals surface area contributed by atoms with Crippen LogP contribution in [0.2, 0.25) is 0 Å². The first-order chi connectivity index (χ1) is 9.24. The highest BCUT2D eigenvalue weighted by Crippen LogP contribution is 2.31. The maximum Gasteiger partial charge on any atom is 0.124 e. The summed E-state index contributed by atoms with van der Waals surface area (Å²) in [4.78, 5) is 0. The van der Waals surface area contributed by atoms with E-state index < -0.39 is 0 Å². The van der Waals surface area contributed by atoms with E-state index in [4.69, 9.17) is 4.74 Å². The summed E-state index contributed by atoms with van der Waals surface area (Å²) in [5, 5.41) is 3.58. The molecule has 0 saturated carbocycles. The SMILES string of the molecule is Cc1ccc(CNC2COc3ccccc32)cc1C. The molecule has 3 rings (SSSR count). The molecule has 1 aliphatic rings. The van der Waals surface area contributed by atoms with Gasteiger partial charge in [-0.25, -0.2) is 0 Å². The van der Waals surface area contributed by atoms with Crippen molar-refractivity contribution in [1.82, 2.24) is 5.32 Å². The van der Waals surface area contributed by atoms with Gasteiger partial charge in [0, 0.05) is 12.1 Å². The number of fused-ring (bicyclic) bond motifs is 1. The summed E-state index contributed by atoms with van der Waals surface area (Å²) in [5.41, 5.74) is 5.29. The fourth-order valence-corrected chi connectivity index (χ4v) is 2.49. The minimum atomic E-state index is 0.304. The Morgan fingerprint density at radius 2 is 1.95 bits per heavy atom. The molecule has 1 atom stereocenters. The topological polar surface area (TPSA) is 21.3 Å². The van der Waals surface area contributed by atoms with Gasteiger partial charge in [0.25, 0.3) is 0 Å². The van der Waals surface area contributed by atoms with Gasteiger partial charge in [0.1, 0.15) is 12.4 Å². The van der Waals surface area contributed by atoms with Crippen LogP contribution >= 0.6 is 0 Å². The minimum Gasteiger partial charge on any atom is -0.491 e. The number of hydrogen-bond acceptors (Lipinski definition) is 2. The van der Waals surface area contributed by atoms with Crippen LogP contribution in [0.3, 0.4) is 0 Å². The maximum atomic E-state index is 5.68. The van der Waals surface area contributed by atoms with Gasteiger partial charge in [-0.2, -0.15) is 0 Å². The molecule has 1 heterocycles. The third kappa shape index (κ3) is 2.49. The van der Waals surface area contributed by atoms with Gasteiger partial charge in [0.05, 0.1) is 6.04 Å². The van der Waals surface area contributed by atoms with Crippen molar-refractivity contribution in [2.24, 2.45) is 0 Å². The Balaban J connectivity index is 1.69. The highest BCUT2D eigenvalue weighted by atomic mass is 16.5. The van der Waals surface area contributed by atoms with E-state index in [9.17, 15) is 0 Å². The van der Waals surface area contributed by atoms with E-state index in [2.05, 4.69) is 49.5 Å². The molecule has 1 unspecified atom stereocenters.